The van der Waals surface area contributed by atoms with Crippen LogP contribution in [0.5, 0.6) is 5.75 Å². The van der Waals surface area contributed by atoms with Crippen LogP contribution in [0.3, 0.4) is 0 Å². The monoisotopic (exact) mass is 367 g/mol. The minimum Gasteiger partial charge on any atom is -0.449 e. The highest BCUT2D eigenvalue weighted by Crippen LogP contribution is 2.22. The van der Waals surface area contributed by atoms with Gasteiger partial charge in [-0.25, -0.2) is 9.18 Å². The van der Waals surface area contributed by atoms with Crippen molar-refractivity contribution in [3.05, 3.63) is 59.4 Å². The van der Waals surface area contributed by atoms with Gasteiger partial charge in [0, 0.05) is 5.69 Å². The summed E-state index contributed by atoms with van der Waals surface area (Å²) < 4.78 is 47.5. The predicted molar refractivity (Wildman–Crippen MR) is 87.7 cm³/mol. The molecule has 5 nitrogen and oxygen atoms in total. The zero-order chi connectivity index (χ0) is 19.3. The van der Waals surface area contributed by atoms with Crippen molar-refractivity contribution in [1.29, 1.82) is 0 Å². The van der Waals surface area contributed by atoms with Crippen molar-refractivity contribution in [3.8, 4) is 5.75 Å². The molecule has 1 atom stereocenters. The molecule has 0 saturated carbocycles. The number of para-hydroxylation sites is 1. The van der Waals surface area contributed by atoms with Gasteiger partial charge in [-0.1, -0.05) is 18.2 Å². The van der Waals surface area contributed by atoms with E-state index in [0.717, 1.165) is 6.07 Å². The lowest BCUT2D eigenvalue weighted by Gasteiger charge is -2.15. The number of ether oxygens (including phenoxy) is 2. The molecule has 8 heteroatoms. The number of rotatable bonds is 6. The number of nitrogens with one attached hydrogen (secondary N) is 1. The first-order valence-corrected chi connectivity index (χ1v) is 7.59. The summed E-state index contributed by atoms with van der Waals surface area (Å²) in [6, 6.07) is 9.39. The molecular weight excluding hydrogens is 351 g/mol. The number of esters is 1. The highest BCUT2D eigenvalue weighted by molar-refractivity contribution is 5.98. The van der Waals surface area contributed by atoms with E-state index in [1.165, 1.54) is 43.3 Å². The smallest absolute Gasteiger partial charge is 0.387 e. The van der Waals surface area contributed by atoms with Crippen LogP contribution in [0.4, 0.5) is 18.9 Å². The normalized spacial score (nSPS) is 11.8. The number of hydrogen-bond acceptors (Lipinski definition) is 4. The first kappa shape index (κ1) is 19.3. The Labute approximate surface area is 147 Å². The maximum absolute atomic E-state index is 13.5. The predicted octanol–water partition coefficient (Wildman–Crippen LogP) is 3.92. The van der Waals surface area contributed by atoms with Gasteiger partial charge in [0.1, 0.15) is 17.1 Å². The zero-order valence-electron chi connectivity index (χ0n) is 14.0. The van der Waals surface area contributed by atoms with Crippen molar-refractivity contribution < 1.29 is 32.2 Å². The van der Waals surface area contributed by atoms with Crippen LogP contribution in [-0.2, 0) is 9.53 Å². The van der Waals surface area contributed by atoms with Crippen LogP contribution in [-0.4, -0.2) is 24.6 Å². The zero-order valence-corrected chi connectivity index (χ0v) is 14.0. The lowest BCUT2D eigenvalue weighted by atomic mass is 10.2. The number of hydrogen-bond donors (Lipinski definition) is 1. The summed E-state index contributed by atoms with van der Waals surface area (Å²) in [5, 5.41) is 2.41. The number of carbonyl (C=O) groups is 2. The Morgan fingerprint density at radius 1 is 1.12 bits per heavy atom. The quantitative estimate of drug-likeness (QED) is 0.786. The van der Waals surface area contributed by atoms with Gasteiger partial charge in [0.25, 0.3) is 5.91 Å². The van der Waals surface area contributed by atoms with E-state index in [1.807, 2.05) is 0 Å². The minimum atomic E-state index is -3.11. The topological polar surface area (TPSA) is 64.6 Å². The summed E-state index contributed by atoms with van der Waals surface area (Å²) in [5.74, 6) is -2.56. The van der Waals surface area contributed by atoms with E-state index in [1.54, 1.807) is 6.92 Å². The van der Waals surface area contributed by atoms with E-state index in [-0.39, 0.29) is 17.0 Å². The molecule has 0 fully saturated rings. The molecule has 0 bridgehead atoms. The maximum atomic E-state index is 13.5. The Kier molecular flexibility index (Phi) is 6.21. The van der Waals surface area contributed by atoms with E-state index in [2.05, 4.69) is 10.1 Å². The van der Waals surface area contributed by atoms with Gasteiger partial charge >= 0.3 is 12.6 Å². The minimum absolute atomic E-state index is 0.197. The highest BCUT2D eigenvalue weighted by atomic mass is 19.3. The van der Waals surface area contributed by atoms with Crippen LogP contribution in [0.1, 0.15) is 22.8 Å². The van der Waals surface area contributed by atoms with E-state index < -0.39 is 30.4 Å². The Morgan fingerprint density at radius 3 is 2.46 bits per heavy atom. The van der Waals surface area contributed by atoms with Crippen molar-refractivity contribution in [1.82, 2.24) is 0 Å². The fourth-order valence-corrected chi connectivity index (χ4v) is 2.03. The molecule has 2 aromatic rings. The average molecular weight is 367 g/mol. The van der Waals surface area contributed by atoms with Crippen LogP contribution < -0.4 is 10.1 Å². The molecule has 0 saturated heterocycles. The van der Waals surface area contributed by atoms with E-state index in [4.69, 9.17) is 4.74 Å². The van der Waals surface area contributed by atoms with Crippen LogP contribution >= 0.6 is 0 Å². The fraction of sp³-hybridized carbons (Fsp3) is 0.222. The number of carbonyl (C=O) groups excluding carboxylic acids is 2. The fourth-order valence-electron chi connectivity index (χ4n) is 2.03. The molecule has 0 aromatic heterocycles. The van der Waals surface area contributed by atoms with E-state index >= 15 is 0 Å². The number of anilines is 1. The van der Waals surface area contributed by atoms with Crippen molar-refractivity contribution in [3.63, 3.8) is 0 Å². The number of benzene rings is 2. The van der Waals surface area contributed by atoms with E-state index in [0.29, 0.717) is 5.56 Å². The maximum Gasteiger partial charge on any atom is 0.387 e. The standard InChI is InChI=1S/C18H16F3NO4/c1-10-7-8-12(9-14(10)19)22-16(23)11(2)25-17(24)13-5-3-4-6-15(13)26-18(20)21/h3-9,11,18H,1-2H3,(H,22,23)/t11-/m1/s1. The van der Waals surface area contributed by atoms with Crippen LogP contribution in [0.2, 0.25) is 0 Å². The molecular formula is C18H16F3NO4. The second-order valence-corrected chi connectivity index (χ2v) is 5.38. The first-order chi connectivity index (χ1) is 12.3. The molecule has 0 heterocycles. The largest absolute Gasteiger partial charge is 0.449 e. The molecule has 0 aliphatic rings. The van der Waals surface area contributed by atoms with E-state index in [9.17, 15) is 22.8 Å². The number of amides is 1. The molecule has 138 valence electrons. The van der Waals surface area contributed by atoms with Crippen molar-refractivity contribution >= 4 is 17.6 Å². The Hall–Kier alpha value is -3.03. The molecule has 26 heavy (non-hydrogen) atoms. The van der Waals surface area contributed by atoms with Gasteiger partial charge in [0.15, 0.2) is 6.10 Å². The van der Waals surface area contributed by atoms with Crippen molar-refractivity contribution in [2.75, 3.05) is 5.32 Å². The van der Waals surface area contributed by atoms with Gasteiger partial charge in [-0.05, 0) is 43.7 Å². The Bertz CT molecular complexity index is 811. The summed E-state index contributed by atoms with van der Waals surface area (Å²) in [7, 11) is 0. The molecule has 0 aliphatic carbocycles. The second-order valence-electron chi connectivity index (χ2n) is 5.38. The van der Waals surface area contributed by atoms with Gasteiger partial charge in [0.05, 0.1) is 0 Å². The van der Waals surface area contributed by atoms with Gasteiger partial charge in [0.2, 0.25) is 0 Å². The first-order valence-electron chi connectivity index (χ1n) is 7.59. The molecule has 2 rings (SSSR count). The Balaban J connectivity index is 2.04. The average Bonchev–Trinajstić information content (AvgIpc) is 2.58. The lowest BCUT2D eigenvalue weighted by molar-refractivity contribution is -0.123. The molecule has 0 aliphatic heterocycles. The molecule has 1 N–H and O–H groups in total. The van der Waals surface area contributed by atoms with Crippen LogP contribution in [0.15, 0.2) is 42.5 Å². The number of halogens is 3. The van der Waals surface area contributed by atoms with Crippen LogP contribution in [0, 0.1) is 12.7 Å². The third-order valence-corrected chi connectivity index (χ3v) is 3.42. The summed E-state index contributed by atoms with van der Waals surface area (Å²) in [4.78, 5) is 24.2. The molecule has 0 unspecified atom stereocenters. The van der Waals surface area contributed by atoms with Crippen molar-refractivity contribution in [2.24, 2.45) is 0 Å². The molecule has 1 amide bonds. The molecule has 0 radical (unpaired) electrons. The lowest BCUT2D eigenvalue weighted by Crippen LogP contribution is -2.30. The SMILES string of the molecule is Cc1ccc(NC(=O)[C@@H](C)OC(=O)c2ccccc2OC(F)F)cc1F. The summed E-state index contributed by atoms with van der Waals surface area (Å²) in [5.41, 5.74) is 0.370. The molecule has 2 aromatic carbocycles. The summed E-state index contributed by atoms with van der Waals surface area (Å²) in [6.07, 6.45) is -1.24. The van der Waals surface area contributed by atoms with Gasteiger partial charge < -0.3 is 14.8 Å². The van der Waals surface area contributed by atoms with Crippen molar-refractivity contribution in [2.45, 2.75) is 26.6 Å². The third-order valence-electron chi connectivity index (χ3n) is 3.42. The molecule has 0 spiro atoms. The summed E-state index contributed by atoms with van der Waals surface area (Å²) >= 11 is 0. The van der Waals surface area contributed by atoms with Gasteiger partial charge in [-0.2, -0.15) is 8.78 Å². The van der Waals surface area contributed by atoms with Gasteiger partial charge in [-0.3, -0.25) is 4.79 Å². The highest BCUT2D eigenvalue weighted by Gasteiger charge is 2.22. The van der Waals surface area contributed by atoms with Crippen LogP contribution in [0.25, 0.3) is 0 Å². The number of alkyl halides is 2. The number of aryl methyl sites for hydroxylation is 1. The second kappa shape index (κ2) is 8.37. The Morgan fingerprint density at radius 2 is 1.81 bits per heavy atom. The van der Waals surface area contributed by atoms with Gasteiger partial charge in [-0.15, -0.1) is 0 Å². The third kappa shape index (κ3) is 4.98. The summed E-state index contributed by atoms with van der Waals surface area (Å²) in [6.45, 7) is -0.236.